The number of para-hydroxylation sites is 2. The maximum atomic E-state index is 14.0. The topological polar surface area (TPSA) is 40.6 Å². The first-order valence-electron chi connectivity index (χ1n) is 12.4. The van der Waals surface area contributed by atoms with E-state index in [1.54, 1.807) is 0 Å². The van der Waals surface area contributed by atoms with Crippen LogP contribution in [0, 0.1) is 13.8 Å². The zero-order chi connectivity index (χ0) is 25.2. The summed E-state index contributed by atoms with van der Waals surface area (Å²) in [6, 6.07) is 32.9. The minimum absolute atomic E-state index is 0.0200. The van der Waals surface area contributed by atoms with E-state index in [2.05, 4.69) is 6.92 Å². The van der Waals surface area contributed by atoms with Crippen molar-refractivity contribution in [2.75, 3.05) is 9.80 Å². The van der Waals surface area contributed by atoms with E-state index < -0.39 is 0 Å². The Kier molecular flexibility index (Phi) is 6.43. The first-order valence-corrected chi connectivity index (χ1v) is 12.4. The van der Waals surface area contributed by atoms with Crippen molar-refractivity contribution in [3.05, 3.63) is 131 Å². The van der Waals surface area contributed by atoms with Crippen LogP contribution in [0.25, 0.3) is 0 Å². The fraction of sp³-hybridized carbons (Fsp3) is 0.188. The number of carbonyl (C=O) groups excluding carboxylic acids is 2. The summed E-state index contributed by atoms with van der Waals surface area (Å²) >= 11 is 0. The number of hydrogen-bond donors (Lipinski definition) is 0. The molecule has 0 fully saturated rings. The van der Waals surface area contributed by atoms with Crippen LogP contribution >= 0.6 is 0 Å². The van der Waals surface area contributed by atoms with Gasteiger partial charge in [-0.1, -0.05) is 71.8 Å². The molecule has 1 aliphatic rings. The molecule has 0 saturated carbocycles. The average Bonchev–Trinajstić information content (AvgIpc) is 2.89. The van der Waals surface area contributed by atoms with Crippen LogP contribution in [-0.4, -0.2) is 17.9 Å². The number of rotatable bonds is 4. The Bertz CT molecular complexity index is 1410. The molecular weight excluding hydrogens is 444 g/mol. The van der Waals surface area contributed by atoms with Crippen LogP contribution in [0.4, 0.5) is 11.4 Å². The van der Waals surface area contributed by atoms with Crippen LogP contribution in [0.3, 0.4) is 0 Å². The summed E-state index contributed by atoms with van der Waals surface area (Å²) in [5, 5.41) is 0. The summed E-state index contributed by atoms with van der Waals surface area (Å²) in [4.78, 5) is 31.5. The Morgan fingerprint density at radius 2 is 1.36 bits per heavy atom. The molecule has 0 bridgehead atoms. The van der Waals surface area contributed by atoms with Gasteiger partial charge in [-0.2, -0.15) is 0 Å². The van der Waals surface area contributed by atoms with Crippen molar-refractivity contribution in [3.8, 4) is 0 Å². The van der Waals surface area contributed by atoms with Gasteiger partial charge in [0.05, 0.1) is 6.04 Å². The summed E-state index contributed by atoms with van der Waals surface area (Å²) in [7, 11) is 0. The lowest BCUT2D eigenvalue weighted by molar-refractivity contribution is 0.0965. The van der Waals surface area contributed by atoms with Crippen molar-refractivity contribution in [2.45, 2.75) is 39.3 Å². The molecule has 36 heavy (non-hydrogen) atoms. The highest BCUT2D eigenvalue weighted by molar-refractivity contribution is 6.09. The molecule has 180 valence electrons. The monoisotopic (exact) mass is 474 g/mol. The predicted molar refractivity (Wildman–Crippen MR) is 146 cm³/mol. The molecule has 4 nitrogen and oxygen atoms in total. The molecule has 4 aromatic carbocycles. The SMILES string of the molecule is Cc1cccc(C(=O)N2c3ccccc3C(N(C(=O)c3cccc(C)c3)c3ccccc3)CC2C)c1. The third-order valence-electron chi connectivity index (χ3n) is 6.87. The lowest BCUT2D eigenvalue weighted by Crippen LogP contribution is -2.47. The first-order chi connectivity index (χ1) is 17.4. The van der Waals surface area contributed by atoms with Gasteiger partial charge in [-0.05, 0) is 75.2 Å². The van der Waals surface area contributed by atoms with Crippen LogP contribution in [0.2, 0.25) is 0 Å². The van der Waals surface area contributed by atoms with Crippen molar-refractivity contribution >= 4 is 23.2 Å². The number of carbonyl (C=O) groups is 2. The zero-order valence-corrected chi connectivity index (χ0v) is 20.9. The highest BCUT2D eigenvalue weighted by Gasteiger charge is 2.39. The molecule has 2 unspecified atom stereocenters. The number of hydrogen-bond acceptors (Lipinski definition) is 2. The smallest absolute Gasteiger partial charge is 0.258 e. The summed E-state index contributed by atoms with van der Waals surface area (Å²) in [6.45, 7) is 6.06. The molecule has 2 amide bonds. The largest absolute Gasteiger partial charge is 0.305 e. The predicted octanol–water partition coefficient (Wildman–Crippen LogP) is 7.13. The second-order valence-corrected chi connectivity index (χ2v) is 9.58. The van der Waals surface area contributed by atoms with Gasteiger partial charge in [0, 0.05) is 28.5 Å². The van der Waals surface area contributed by atoms with Gasteiger partial charge in [-0.25, -0.2) is 0 Å². The van der Waals surface area contributed by atoms with Crippen LogP contribution < -0.4 is 9.80 Å². The van der Waals surface area contributed by atoms with E-state index in [0.29, 0.717) is 17.5 Å². The second-order valence-electron chi connectivity index (χ2n) is 9.58. The summed E-state index contributed by atoms with van der Waals surface area (Å²) in [5.41, 5.74) is 6.09. The third-order valence-corrected chi connectivity index (χ3v) is 6.87. The lowest BCUT2D eigenvalue weighted by atomic mass is 9.89. The van der Waals surface area contributed by atoms with Crippen LogP contribution in [0.15, 0.2) is 103 Å². The molecule has 1 aliphatic heterocycles. The molecule has 0 aliphatic carbocycles. The van der Waals surface area contributed by atoms with Gasteiger partial charge in [0.1, 0.15) is 0 Å². The normalized spacial score (nSPS) is 16.8. The van der Waals surface area contributed by atoms with Crippen molar-refractivity contribution in [2.24, 2.45) is 0 Å². The Hall–Kier alpha value is -4.18. The summed E-state index contributed by atoms with van der Waals surface area (Å²) in [5.74, 6) is -0.0660. The minimum Gasteiger partial charge on any atom is -0.305 e. The van der Waals surface area contributed by atoms with E-state index in [9.17, 15) is 9.59 Å². The van der Waals surface area contributed by atoms with Gasteiger partial charge in [-0.15, -0.1) is 0 Å². The highest BCUT2D eigenvalue weighted by atomic mass is 16.2. The quantitative estimate of drug-likeness (QED) is 0.316. The number of nitrogens with zero attached hydrogens (tertiary/aromatic N) is 2. The minimum atomic E-state index is -0.215. The molecule has 0 N–H and O–H groups in total. The zero-order valence-electron chi connectivity index (χ0n) is 20.9. The van der Waals surface area contributed by atoms with Gasteiger partial charge in [-0.3, -0.25) is 9.59 Å². The van der Waals surface area contributed by atoms with Gasteiger partial charge in [0.15, 0.2) is 0 Å². The average molecular weight is 475 g/mol. The fourth-order valence-electron chi connectivity index (χ4n) is 5.20. The van der Waals surface area contributed by atoms with Crippen molar-refractivity contribution in [1.82, 2.24) is 0 Å². The van der Waals surface area contributed by atoms with E-state index >= 15 is 0 Å². The molecule has 4 aromatic rings. The molecule has 0 aromatic heterocycles. The van der Waals surface area contributed by atoms with E-state index in [-0.39, 0.29) is 23.9 Å². The first kappa shape index (κ1) is 23.6. The maximum absolute atomic E-state index is 14.0. The van der Waals surface area contributed by atoms with Crippen molar-refractivity contribution < 1.29 is 9.59 Å². The number of aryl methyl sites for hydroxylation is 2. The number of amides is 2. The molecule has 0 spiro atoms. The van der Waals surface area contributed by atoms with Gasteiger partial charge < -0.3 is 9.80 Å². The Labute approximate surface area is 212 Å². The van der Waals surface area contributed by atoms with Gasteiger partial charge in [0.2, 0.25) is 0 Å². The molecule has 2 atom stereocenters. The summed E-state index contributed by atoms with van der Waals surface area (Å²) in [6.07, 6.45) is 0.626. The maximum Gasteiger partial charge on any atom is 0.258 e. The highest BCUT2D eigenvalue weighted by Crippen LogP contribution is 2.43. The second kappa shape index (κ2) is 9.82. The van der Waals surface area contributed by atoms with Gasteiger partial charge in [0.25, 0.3) is 11.8 Å². The van der Waals surface area contributed by atoms with Gasteiger partial charge >= 0.3 is 0 Å². The number of fused-ring (bicyclic) bond motifs is 1. The number of benzene rings is 4. The molecule has 1 heterocycles. The Balaban J connectivity index is 1.61. The summed E-state index contributed by atoms with van der Waals surface area (Å²) < 4.78 is 0. The Morgan fingerprint density at radius 3 is 2.06 bits per heavy atom. The Morgan fingerprint density at radius 1 is 0.750 bits per heavy atom. The molecule has 5 rings (SSSR count). The van der Waals surface area contributed by atoms with E-state index in [0.717, 1.165) is 28.1 Å². The molecule has 0 saturated heterocycles. The lowest BCUT2D eigenvalue weighted by Gasteiger charge is -2.43. The van der Waals surface area contributed by atoms with Crippen molar-refractivity contribution in [3.63, 3.8) is 0 Å². The van der Waals surface area contributed by atoms with Crippen LogP contribution in [0.5, 0.6) is 0 Å². The molecular formula is C32H30N2O2. The fourth-order valence-corrected chi connectivity index (χ4v) is 5.20. The van der Waals surface area contributed by atoms with Crippen LogP contribution in [0.1, 0.15) is 56.8 Å². The standard InChI is InChI=1S/C32H30N2O2/c1-22-11-9-13-25(19-22)31(35)33-24(3)21-30(28-17-7-8-18-29(28)33)34(27-15-5-4-6-16-27)32(36)26-14-10-12-23(2)20-26/h4-20,24,30H,21H2,1-3H3. The molecule has 0 radical (unpaired) electrons. The van der Waals surface area contributed by atoms with Crippen LogP contribution in [-0.2, 0) is 0 Å². The molecule has 4 heteroatoms. The number of anilines is 2. The third kappa shape index (κ3) is 4.42. The van der Waals surface area contributed by atoms with E-state index in [4.69, 9.17) is 0 Å². The van der Waals surface area contributed by atoms with Crippen molar-refractivity contribution in [1.29, 1.82) is 0 Å². The van der Waals surface area contributed by atoms with E-state index in [1.165, 1.54) is 0 Å². The van der Waals surface area contributed by atoms with E-state index in [1.807, 2.05) is 127 Å².